The average molecular weight is 452 g/mol. The van der Waals surface area contributed by atoms with Crippen molar-refractivity contribution in [1.82, 2.24) is 20.1 Å². The Morgan fingerprint density at radius 3 is 2.58 bits per heavy atom. The van der Waals surface area contributed by atoms with Gasteiger partial charge in [-0.05, 0) is 73.8 Å². The number of carbonyl (C=O) groups excluding carboxylic acids is 1. The van der Waals surface area contributed by atoms with Crippen LogP contribution in [0.15, 0.2) is 62.4 Å². The molecule has 1 N–H and O–H groups in total. The minimum Gasteiger partial charge on any atom is -0.339 e. The average Bonchev–Trinajstić information content (AvgIpc) is 3.40. The van der Waals surface area contributed by atoms with Crippen LogP contribution in [0.25, 0.3) is 10.7 Å². The van der Waals surface area contributed by atoms with E-state index in [2.05, 4.69) is 25.4 Å². The molecule has 1 amide bonds. The lowest BCUT2D eigenvalue weighted by atomic mass is 10.2. The number of rotatable bonds is 8. The van der Waals surface area contributed by atoms with E-state index in [1.54, 1.807) is 11.3 Å². The van der Waals surface area contributed by atoms with Gasteiger partial charge in [-0.25, -0.2) is 9.97 Å². The van der Waals surface area contributed by atoms with E-state index in [0.717, 1.165) is 32.0 Å². The zero-order valence-corrected chi connectivity index (χ0v) is 18.8. The van der Waals surface area contributed by atoms with Gasteiger partial charge < -0.3 is 9.84 Å². The number of nitrogens with one attached hydrogen (secondary N) is 1. The van der Waals surface area contributed by atoms with E-state index >= 15 is 0 Å². The van der Waals surface area contributed by atoms with E-state index in [0.29, 0.717) is 31.0 Å². The van der Waals surface area contributed by atoms with Crippen LogP contribution in [0.5, 0.6) is 0 Å². The first-order valence-electron chi connectivity index (χ1n) is 9.82. The van der Waals surface area contributed by atoms with Gasteiger partial charge in [0.05, 0.1) is 4.88 Å². The van der Waals surface area contributed by atoms with Crippen molar-refractivity contribution in [3.8, 4) is 10.7 Å². The second-order valence-electron chi connectivity index (χ2n) is 6.95. The van der Waals surface area contributed by atoms with Gasteiger partial charge in [-0.3, -0.25) is 4.79 Å². The van der Waals surface area contributed by atoms with E-state index in [1.165, 1.54) is 11.8 Å². The van der Waals surface area contributed by atoms with Crippen LogP contribution >= 0.6 is 23.1 Å². The summed E-state index contributed by atoms with van der Waals surface area (Å²) in [6, 6.07) is 13.5. The molecule has 0 fully saturated rings. The fraction of sp³-hybridized carbons (Fsp3) is 0.227. The van der Waals surface area contributed by atoms with Gasteiger partial charge in [-0.15, -0.1) is 11.3 Å². The Hall–Kier alpha value is -3.04. The van der Waals surface area contributed by atoms with Gasteiger partial charge >= 0.3 is 0 Å². The lowest BCUT2D eigenvalue weighted by molar-refractivity contribution is -0.116. The molecule has 0 radical (unpaired) electrons. The van der Waals surface area contributed by atoms with Gasteiger partial charge in [0.2, 0.25) is 17.6 Å². The molecule has 0 bridgehead atoms. The van der Waals surface area contributed by atoms with E-state index in [1.807, 2.05) is 61.7 Å². The Labute approximate surface area is 188 Å². The highest BCUT2D eigenvalue weighted by Crippen LogP contribution is 2.26. The van der Waals surface area contributed by atoms with Crippen LogP contribution in [0, 0.1) is 13.8 Å². The van der Waals surface area contributed by atoms with Crippen LogP contribution in [0.1, 0.15) is 30.1 Å². The Kier molecular flexibility index (Phi) is 6.73. The van der Waals surface area contributed by atoms with Gasteiger partial charge in [0.15, 0.2) is 5.16 Å². The molecular weight excluding hydrogens is 430 g/mol. The van der Waals surface area contributed by atoms with Crippen LogP contribution in [0.4, 0.5) is 5.69 Å². The number of aromatic nitrogens is 4. The first kappa shape index (κ1) is 21.2. The van der Waals surface area contributed by atoms with E-state index in [-0.39, 0.29) is 5.91 Å². The van der Waals surface area contributed by atoms with Crippen molar-refractivity contribution in [2.45, 2.75) is 43.2 Å². The second-order valence-corrected chi connectivity index (χ2v) is 8.94. The summed E-state index contributed by atoms with van der Waals surface area (Å²) in [5.41, 5.74) is 2.65. The fourth-order valence-corrected chi connectivity index (χ4v) is 4.45. The molecule has 9 heteroatoms. The summed E-state index contributed by atoms with van der Waals surface area (Å²) in [5, 5.41) is 9.60. The molecule has 0 atom stereocenters. The Morgan fingerprint density at radius 1 is 1.10 bits per heavy atom. The van der Waals surface area contributed by atoms with Crippen molar-refractivity contribution in [1.29, 1.82) is 0 Å². The molecule has 0 spiro atoms. The van der Waals surface area contributed by atoms with Crippen LogP contribution in [-0.2, 0) is 11.2 Å². The number of amides is 1. The van der Waals surface area contributed by atoms with E-state index in [4.69, 9.17) is 4.52 Å². The number of benzene rings is 1. The molecular formula is C22H21N5O2S2. The summed E-state index contributed by atoms with van der Waals surface area (Å²) < 4.78 is 5.27. The molecule has 0 aliphatic heterocycles. The topological polar surface area (TPSA) is 93.8 Å². The first-order valence-corrected chi connectivity index (χ1v) is 11.5. The predicted molar refractivity (Wildman–Crippen MR) is 121 cm³/mol. The number of aryl methyl sites for hydroxylation is 3. The molecule has 158 valence electrons. The molecule has 7 nitrogen and oxygen atoms in total. The predicted octanol–water partition coefficient (Wildman–Crippen LogP) is 5.32. The summed E-state index contributed by atoms with van der Waals surface area (Å²) in [6.45, 7) is 3.91. The van der Waals surface area contributed by atoms with Crippen molar-refractivity contribution in [2.75, 3.05) is 5.32 Å². The third kappa shape index (κ3) is 5.99. The lowest BCUT2D eigenvalue weighted by Crippen LogP contribution is -2.11. The highest BCUT2D eigenvalue weighted by molar-refractivity contribution is 7.99. The van der Waals surface area contributed by atoms with Gasteiger partial charge in [0, 0.05) is 34.8 Å². The summed E-state index contributed by atoms with van der Waals surface area (Å²) in [4.78, 5) is 27.5. The van der Waals surface area contributed by atoms with Gasteiger partial charge in [0.1, 0.15) is 0 Å². The molecule has 31 heavy (non-hydrogen) atoms. The Bertz CT molecular complexity index is 1140. The van der Waals surface area contributed by atoms with E-state index in [9.17, 15) is 4.79 Å². The molecule has 0 unspecified atom stereocenters. The standard InChI is InChI=1S/C22H21N5O2S2/c1-14-13-15(2)24-22(23-14)31-17-10-8-16(9-11-17)25-19(28)6-3-7-20-26-21(27-29-20)18-5-4-12-30-18/h4-5,8-13H,3,6-7H2,1-2H3,(H,25,28). The van der Waals surface area contributed by atoms with Crippen LogP contribution in [0.2, 0.25) is 0 Å². The molecule has 0 aliphatic rings. The number of anilines is 1. The lowest BCUT2D eigenvalue weighted by Gasteiger charge is -2.06. The first-order chi connectivity index (χ1) is 15.0. The number of hydrogen-bond acceptors (Lipinski definition) is 8. The maximum atomic E-state index is 12.2. The minimum absolute atomic E-state index is 0.0453. The van der Waals surface area contributed by atoms with Crippen LogP contribution < -0.4 is 5.32 Å². The molecule has 4 rings (SSSR count). The highest BCUT2D eigenvalue weighted by atomic mass is 32.2. The van der Waals surface area contributed by atoms with Gasteiger partial charge in [-0.2, -0.15) is 4.98 Å². The quantitative estimate of drug-likeness (QED) is 0.362. The molecule has 0 saturated carbocycles. The smallest absolute Gasteiger partial charge is 0.226 e. The Morgan fingerprint density at radius 2 is 1.87 bits per heavy atom. The zero-order valence-electron chi connectivity index (χ0n) is 17.2. The molecule has 3 aromatic heterocycles. The minimum atomic E-state index is -0.0453. The molecule has 1 aromatic carbocycles. The van der Waals surface area contributed by atoms with Crippen LogP contribution in [0.3, 0.4) is 0 Å². The Balaban J connectivity index is 1.24. The monoisotopic (exact) mass is 451 g/mol. The number of thiophene rings is 1. The molecule has 4 aromatic rings. The van der Waals surface area contributed by atoms with Crippen molar-refractivity contribution in [3.63, 3.8) is 0 Å². The third-order valence-electron chi connectivity index (χ3n) is 4.31. The van der Waals surface area contributed by atoms with Crippen molar-refractivity contribution >= 4 is 34.7 Å². The maximum Gasteiger partial charge on any atom is 0.226 e. The van der Waals surface area contributed by atoms with Crippen molar-refractivity contribution in [2.24, 2.45) is 0 Å². The molecule has 3 heterocycles. The number of nitrogens with zero attached hydrogens (tertiary/aromatic N) is 4. The summed E-state index contributed by atoms with van der Waals surface area (Å²) in [6.07, 6.45) is 1.58. The number of hydrogen-bond donors (Lipinski definition) is 1. The zero-order chi connectivity index (χ0) is 21.6. The van der Waals surface area contributed by atoms with Crippen molar-refractivity contribution < 1.29 is 9.32 Å². The fourth-order valence-electron chi connectivity index (χ4n) is 2.94. The molecule has 0 aliphatic carbocycles. The summed E-state index contributed by atoms with van der Waals surface area (Å²) >= 11 is 3.06. The largest absolute Gasteiger partial charge is 0.339 e. The summed E-state index contributed by atoms with van der Waals surface area (Å²) in [7, 11) is 0. The highest BCUT2D eigenvalue weighted by Gasteiger charge is 2.10. The van der Waals surface area contributed by atoms with Crippen LogP contribution in [-0.4, -0.2) is 26.0 Å². The van der Waals surface area contributed by atoms with Gasteiger partial charge in [-0.1, -0.05) is 11.2 Å². The number of carbonyl (C=O) groups is 1. The SMILES string of the molecule is Cc1cc(C)nc(Sc2ccc(NC(=O)CCCc3nc(-c4cccs4)no3)cc2)n1. The van der Waals surface area contributed by atoms with Crippen molar-refractivity contribution in [3.05, 3.63) is 65.1 Å². The maximum absolute atomic E-state index is 12.2. The molecule has 0 saturated heterocycles. The van der Waals surface area contributed by atoms with Gasteiger partial charge in [0.25, 0.3) is 0 Å². The second kappa shape index (κ2) is 9.84. The normalized spacial score (nSPS) is 10.9. The van der Waals surface area contributed by atoms with E-state index < -0.39 is 0 Å². The summed E-state index contributed by atoms with van der Waals surface area (Å²) in [5.74, 6) is 1.10. The third-order valence-corrected chi connectivity index (χ3v) is 6.05.